The van der Waals surface area contributed by atoms with E-state index in [4.69, 9.17) is 5.73 Å². The lowest BCUT2D eigenvalue weighted by atomic mass is 9.95. The first-order valence-corrected chi connectivity index (χ1v) is 4.93. The van der Waals surface area contributed by atoms with Crippen molar-refractivity contribution in [2.24, 2.45) is 0 Å². The van der Waals surface area contributed by atoms with Crippen LogP contribution in [0.15, 0.2) is 36.4 Å². The molecule has 71 valence electrons. The normalized spacial score (nSPS) is 11.1. The highest BCUT2D eigenvalue weighted by Crippen LogP contribution is 2.29. The number of hydrogen-bond acceptors (Lipinski definition) is 0. The highest BCUT2D eigenvalue weighted by Gasteiger charge is 2.06. The Balaban J connectivity index is 2.82. The van der Waals surface area contributed by atoms with Gasteiger partial charge >= 0.3 is 0 Å². The van der Waals surface area contributed by atoms with Gasteiger partial charge in [0.2, 0.25) is 0 Å². The summed E-state index contributed by atoms with van der Waals surface area (Å²) in [7, 11) is 0. The minimum absolute atomic E-state index is 0.514. The number of benzene rings is 2. The second-order valence-electron chi connectivity index (χ2n) is 3.90. The molecule has 0 heterocycles. The van der Waals surface area contributed by atoms with Crippen LogP contribution in [-0.4, -0.2) is 0 Å². The molecule has 1 radical (unpaired) electrons. The Morgan fingerprint density at radius 1 is 0.929 bits per heavy atom. The highest BCUT2D eigenvalue weighted by atomic mass is 14.5. The summed E-state index contributed by atoms with van der Waals surface area (Å²) in [5.74, 6) is 0.514. The Bertz CT molecular complexity index is 458. The van der Waals surface area contributed by atoms with Crippen molar-refractivity contribution in [2.75, 3.05) is 0 Å². The fourth-order valence-electron chi connectivity index (χ4n) is 1.83. The highest BCUT2D eigenvalue weighted by molar-refractivity contribution is 5.94. The summed E-state index contributed by atoms with van der Waals surface area (Å²) in [4.78, 5) is 0. The molecule has 0 aliphatic heterocycles. The van der Waals surface area contributed by atoms with Crippen LogP contribution in [0.25, 0.3) is 10.8 Å². The topological polar surface area (TPSA) is 23.8 Å². The van der Waals surface area contributed by atoms with Gasteiger partial charge in [-0.1, -0.05) is 44.2 Å². The minimum atomic E-state index is 0.514. The van der Waals surface area contributed by atoms with Crippen molar-refractivity contribution in [3.05, 3.63) is 42.0 Å². The molecule has 2 rings (SSSR count). The van der Waals surface area contributed by atoms with Crippen LogP contribution < -0.4 is 5.73 Å². The Labute approximate surface area is 84.5 Å². The van der Waals surface area contributed by atoms with Gasteiger partial charge in [0.1, 0.15) is 0 Å². The summed E-state index contributed by atoms with van der Waals surface area (Å²) in [6.07, 6.45) is 0. The first-order valence-electron chi connectivity index (χ1n) is 4.93. The van der Waals surface area contributed by atoms with Crippen molar-refractivity contribution >= 4 is 16.5 Å². The van der Waals surface area contributed by atoms with Crippen molar-refractivity contribution in [1.82, 2.24) is 5.73 Å². The predicted octanol–water partition coefficient (Wildman–Crippen LogP) is 3.88. The fourth-order valence-corrected chi connectivity index (χ4v) is 1.83. The van der Waals surface area contributed by atoms with Crippen LogP contribution in [0.4, 0.5) is 5.69 Å². The third-order valence-electron chi connectivity index (χ3n) is 2.58. The maximum absolute atomic E-state index is 7.80. The molecule has 0 unspecified atom stereocenters. The maximum atomic E-state index is 7.80. The Kier molecular flexibility index (Phi) is 2.16. The van der Waals surface area contributed by atoms with Gasteiger partial charge in [-0.25, -0.2) is 0 Å². The quantitative estimate of drug-likeness (QED) is 0.642. The molecule has 0 saturated carbocycles. The van der Waals surface area contributed by atoms with Crippen molar-refractivity contribution in [1.29, 1.82) is 0 Å². The van der Waals surface area contributed by atoms with Crippen molar-refractivity contribution < 1.29 is 0 Å². The minimum Gasteiger partial charge on any atom is -0.300 e. The average Bonchev–Trinajstić information content (AvgIpc) is 2.18. The lowest BCUT2D eigenvalue weighted by Crippen LogP contribution is -1.89. The van der Waals surface area contributed by atoms with Gasteiger partial charge in [-0.15, -0.1) is 0 Å². The zero-order valence-electron chi connectivity index (χ0n) is 8.54. The van der Waals surface area contributed by atoms with Crippen LogP contribution in [-0.2, 0) is 0 Å². The SMILES string of the molecule is CC(C)c1ccc([NH])c2ccccc12. The molecule has 0 aliphatic carbocycles. The second kappa shape index (κ2) is 3.33. The van der Waals surface area contributed by atoms with Gasteiger partial charge in [0.15, 0.2) is 0 Å². The number of hydrogen-bond donors (Lipinski definition) is 0. The maximum Gasteiger partial charge on any atom is 0.0618 e. The number of nitrogens with one attached hydrogen (secondary N) is 1. The van der Waals surface area contributed by atoms with Crippen molar-refractivity contribution in [3.63, 3.8) is 0 Å². The third kappa shape index (κ3) is 1.35. The summed E-state index contributed by atoms with van der Waals surface area (Å²) in [6.45, 7) is 4.37. The Morgan fingerprint density at radius 3 is 2.21 bits per heavy atom. The summed E-state index contributed by atoms with van der Waals surface area (Å²) < 4.78 is 0. The van der Waals surface area contributed by atoms with Crippen LogP contribution in [0.1, 0.15) is 25.3 Å². The van der Waals surface area contributed by atoms with E-state index in [1.807, 2.05) is 24.3 Å². The van der Waals surface area contributed by atoms with Crippen LogP contribution in [0.3, 0.4) is 0 Å². The number of fused-ring (bicyclic) bond motifs is 1. The van der Waals surface area contributed by atoms with E-state index in [0.29, 0.717) is 11.6 Å². The molecule has 14 heavy (non-hydrogen) atoms. The molecule has 1 nitrogen and oxygen atoms in total. The van der Waals surface area contributed by atoms with Gasteiger partial charge < -0.3 is 5.73 Å². The monoisotopic (exact) mass is 184 g/mol. The largest absolute Gasteiger partial charge is 0.300 e. The van der Waals surface area contributed by atoms with E-state index in [1.165, 1.54) is 10.9 Å². The van der Waals surface area contributed by atoms with Crippen LogP contribution in [0.2, 0.25) is 0 Å². The molecule has 0 saturated heterocycles. The van der Waals surface area contributed by atoms with Crippen molar-refractivity contribution in [3.8, 4) is 0 Å². The molecule has 0 aromatic heterocycles. The average molecular weight is 184 g/mol. The molecule has 2 aromatic rings. The summed E-state index contributed by atoms with van der Waals surface area (Å²) in [6, 6.07) is 12.1. The van der Waals surface area contributed by atoms with Gasteiger partial charge in [-0.2, -0.15) is 0 Å². The fraction of sp³-hybridized carbons (Fsp3) is 0.231. The van der Waals surface area contributed by atoms with Gasteiger partial charge in [-0.3, -0.25) is 0 Å². The molecule has 0 atom stereocenters. The molecule has 1 heteroatoms. The van der Waals surface area contributed by atoms with E-state index in [2.05, 4.69) is 26.0 Å². The van der Waals surface area contributed by atoms with Crippen LogP contribution >= 0.6 is 0 Å². The van der Waals surface area contributed by atoms with E-state index < -0.39 is 0 Å². The number of rotatable bonds is 1. The smallest absolute Gasteiger partial charge is 0.0618 e. The molecule has 0 amide bonds. The second-order valence-corrected chi connectivity index (χ2v) is 3.90. The van der Waals surface area contributed by atoms with Gasteiger partial charge in [0, 0.05) is 5.39 Å². The molecule has 2 aromatic carbocycles. The first-order chi connectivity index (χ1) is 6.70. The van der Waals surface area contributed by atoms with Crippen molar-refractivity contribution in [2.45, 2.75) is 19.8 Å². The zero-order valence-corrected chi connectivity index (χ0v) is 8.54. The van der Waals surface area contributed by atoms with E-state index in [-0.39, 0.29) is 0 Å². The van der Waals surface area contributed by atoms with Gasteiger partial charge in [0.25, 0.3) is 0 Å². The zero-order chi connectivity index (χ0) is 10.1. The first kappa shape index (κ1) is 9.07. The van der Waals surface area contributed by atoms with E-state index in [0.717, 1.165) is 5.39 Å². The molecule has 1 N–H and O–H groups in total. The molecule has 0 bridgehead atoms. The molecule has 0 aliphatic rings. The summed E-state index contributed by atoms with van der Waals surface area (Å²) >= 11 is 0. The van der Waals surface area contributed by atoms with E-state index in [9.17, 15) is 0 Å². The summed E-state index contributed by atoms with van der Waals surface area (Å²) in [5.41, 5.74) is 9.75. The summed E-state index contributed by atoms with van der Waals surface area (Å²) in [5, 5.41) is 2.27. The Morgan fingerprint density at radius 2 is 1.57 bits per heavy atom. The molecular weight excluding hydrogens is 170 g/mol. The lowest BCUT2D eigenvalue weighted by molar-refractivity contribution is 0.876. The van der Waals surface area contributed by atoms with Gasteiger partial charge in [-0.05, 0) is 22.9 Å². The molecule has 0 spiro atoms. The van der Waals surface area contributed by atoms with Crippen LogP contribution in [0.5, 0.6) is 0 Å². The van der Waals surface area contributed by atoms with Crippen LogP contribution in [0, 0.1) is 0 Å². The standard InChI is InChI=1S/C13H14N/c1-9(2)10-7-8-13(14)12-6-4-3-5-11(10)12/h3-9,14H,1-2H3. The molecule has 0 fully saturated rings. The van der Waals surface area contributed by atoms with E-state index >= 15 is 0 Å². The third-order valence-corrected chi connectivity index (χ3v) is 2.58. The van der Waals surface area contributed by atoms with Gasteiger partial charge in [0.05, 0.1) is 5.69 Å². The van der Waals surface area contributed by atoms with E-state index in [1.54, 1.807) is 0 Å². The lowest BCUT2D eigenvalue weighted by Gasteiger charge is -2.10. The molecular formula is C13H14N. The Hall–Kier alpha value is -1.50. The predicted molar refractivity (Wildman–Crippen MR) is 60.8 cm³/mol.